The lowest BCUT2D eigenvalue weighted by molar-refractivity contribution is 0.279. The smallest absolute Gasteiger partial charge is 0.166 e. The minimum atomic E-state index is 0.118. The summed E-state index contributed by atoms with van der Waals surface area (Å²) in [5, 5.41) is 10.6. The number of fused-ring (bicyclic) bond motifs is 1. The SMILES string of the molecule is C=C1N=C(CC2(c3cccc(CC)c3)CCCC2)N2CCN(C)C(=C)C2=C1O. The summed E-state index contributed by atoms with van der Waals surface area (Å²) in [5.74, 6) is 1.18. The van der Waals surface area contributed by atoms with Crippen molar-refractivity contribution in [3.05, 3.63) is 71.4 Å². The van der Waals surface area contributed by atoms with Crippen molar-refractivity contribution in [1.82, 2.24) is 9.80 Å². The molecule has 3 aliphatic rings. The Morgan fingerprint density at radius 1 is 1.18 bits per heavy atom. The molecule has 28 heavy (non-hydrogen) atoms. The third kappa shape index (κ3) is 3.05. The van der Waals surface area contributed by atoms with Crippen LogP contribution in [0.3, 0.4) is 0 Å². The third-order valence-corrected chi connectivity index (χ3v) is 6.74. The Morgan fingerprint density at radius 2 is 1.93 bits per heavy atom. The quantitative estimate of drug-likeness (QED) is 0.810. The molecule has 1 saturated heterocycles. The number of piperazine rings is 1. The second-order valence-electron chi connectivity index (χ2n) is 8.41. The molecule has 0 unspecified atom stereocenters. The molecule has 1 saturated carbocycles. The zero-order valence-electron chi connectivity index (χ0n) is 17.2. The molecular formula is C24H31N3O. The van der Waals surface area contributed by atoms with Crippen LogP contribution in [0.2, 0.25) is 0 Å². The van der Waals surface area contributed by atoms with Gasteiger partial charge in [0.15, 0.2) is 5.76 Å². The third-order valence-electron chi connectivity index (χ3n) is 6.74. The van der Waals surface area contributed by atoms with Crippen molar-refractivity contribution in [2.45, 2.75) is 50.9 Å². The van der Waals surface area contributed by atoms with E-state index in [0.29, 0.717) is 5.70 Å². The first kappa shape index (κ1) is 18.9. The highest BCUT2D eigenvalue weighted by molar-refractivity contribution is 5.89. The number of aryl methyl sites for hydroxylation is 1. The van der Waals surface area contributed by atoms with Crippen LogP contribution in [0, 0.1) is 0 Å². The van der Waals surface area contributed by atoms with Crippen molar-refractivity contribution < 1.29 is 5.11 Å². The molecule has 1 aromatic carbocycles. The zero-order chi connectivity index (χ0) is 19.9. The highest BCUT2D eigenvalue weighted by Crippen LogP contribution is 2.46. The van der Waals surface area contributed by atoms with Crippen molar-refractivity contribution in [3.63, 3.8) is 0 Å². The van der Waals surface area contributed by atoms with Gasteiger partial charge in [-0.3, -0.25) is 0 Å². The molecule has 148 valence electrons. The summed E-state index contributed by atoms with van der Waals surface area (Å²) in [5.41, 5.74) is 5.02. The molecule has 0 amide bonds. The molecule has 0 bridgehead atoms. The lowest BCUT2D eigenvalue weighted by Gasteiger charge is -2.43. The molecule has 2 heterocycles. The normalized spacial score (nSPS) is 21.9. The van der Waals surface area contributed by atoms with Gasteiger partial charge in [0, 0.05) is 32.0 Å². The number of hydrogen-bond donors (Lipinski definition) is 1. The number of likely N-dealkylation sites (N-methyl/N-ethyl adjacent to an activating group) is 1. The maximum absolute atomic E-state index is 10.6. The number of aliphatic hydroxyl groups is 1. The molecule has 1 aliphatic carbocycles. The number of aliphatic hydroxyl groups excluding tert-OH is 1. The molecule has 4 nitrogen and oxygen atoms in total. The summed E-state index contributed by atoms with van der Waals surface area (Å²) in [4.78, 5) is 9.03. The van der Waals surface area contributed by atoms with Crippen LogP contribution in [0.1, 0.15) is 50.2 Å². The molecule has 2 fully saturated rings. The molecule has 0 radical (unpaired) electrons. The molecule has 1 N–H and O–H groups in total. The Balaban J connectivity index is 1.71. The van der Waals surface area contributed by atoms with E-state index in [0.717, 1.165) is 43.2 Å². The summed E-state index contributed by atoms with van der Waals surface area (Å²) in [7, 11) is 2.02. The summed E-state index contributed by atoms with van der Waals surface area (Å²) in [6.45, 7) is 12.1. The maximum atomic E-state index is 10.6. The molecule has 1 aromatic rings. The minimum absolute atomic E-state index is 0.118. The van der Waals surface area contributed by atoms with Crippen LogP contribution in [-0.2, 0) is 11.8 Å². The predicted molar refractivity (Wildman–Crippen MR) is 115 cm³/mol. The van der Waals surface area contributed by atoms with Gasteiger partial charge in [-0.15, -0.1) is 0 Å². The topological polar surface area (TPSA) is 39.1 Å². The number of aliphatic imine (C=N–C) groups is 1. The van der Waals surface area contributed by atoms with Crippen molar-refractivity contribution in [3.8, 4) is 0 Å². The molecule has 2 aliphatic heterocycles. The maximum Gasteiger partial charge on any atom is 0.166 e. The van der Waals surface area contributed by atoms with Crippen LogP contribution in [0.4, 0.5) is 0 Å². The van der Waals surface area contributed by atoms with E-state index in [9.17, 15) is 5.11 Å². The fourth-order valence-electron chi connectivity index (χ4n) is 4.94. The van der Waals surface area contributed by atoms with Gasteiger partial charge in [-0.1, -0.05) is 57.2 Å². The van der Waals surface area contributed by atoms with Gasteiger partial charge in [-0.05, 0) is 30.4 Å². The van der Waals surface area contributed by atoms with Gasteiger partial charge >= 0.3 is 0 Å². The Labute approximate surface area is 168 Å². The van der Waals surface area contributed by atoms with Gasteiger partial charge in [0.25, 0.3) is 0 Å². The van der Waals surface area contributed by atoms with E-state index < -0.39 is 0 Å². The Morgan fingerprint density at radius 3 is 2.64 bits per heavy atom. The standard InChI is InChI=1S/C24H31N3O/c1-5-19-9-8-10-20(15-19)24(11-6-7-12-24)16-21-25-17(2)23(28)22-18(3)26(4)13-14-27(21)22/h8-10,15,28H,2-3,5-7,11-14,16H2,1,4H3. The first-order chi connectivity index (χ1) is 13.4. The monoisotopic (exact) mass is 377 g/mol. The Hall–Kier alpha value is -2.49. The summed E-state index contributed by atoms with van der Waals surface area (Å²) < 4.78 is 0. The Bertz CT molecular complexity index is 874. The molecule has 0 atom stereocenters. The predicted octanol–water partition coefficient (Wildman–Crippen LogP) is 4.91. The number of hydrogen-bond acceptors (Lipinski definition) is 4. The van der Waals surface area contributed by atoms with Crippen molar-refractivity contribution in [1.29, 1.82) is 0 Å². The highest BCUT2D eigenvalue weighted by atomic mass is 16.3. The van der Waals surface area contributed by atoms with Crippen LogP contribution in [-0.4, -0.2) is 40.9 Å². The van der Waals surface area contributed by atoms with E-state index in [-0.39, 0.29) is 11.2 Å². The lowest BCUT2D eigenvalue weighted by atomic mass is 9.75. The number of rotatable bonds is 4. The summed E-state index contributed by atoms with van der Waals surface area (Å²) in [6, 6.07) is 9.10. The Kier molecular flexibility index (Phi) is 4.82. The first-order valence-electron chi connectivity index (χ1n) is 10.4. The number of amidine groups is 1. The second-order valence-corrected chi connectivity index (χ2v) is 8.41. The van der Waals surface area contributed by atoms with Crippen LogP contribution in [0.5, 0.6) is 0 Å². The number of nitrogens with zero attached hydrogens (tertiary/aromatic N) is 3. The average molecular weight is 378 g/mol. The molecular weight excluding hydrogens is 346 g/mol. The largest absolute Gasteiger partial charge is 0.504 e. The first-order valence-corrected chi connectivity index (χ1v) is 10.4. The average Bonchev–Trinajstić information content (AvgIpc) is 3.18. The second kappa shape index (κ2) is 7.16. The van der Waals surface area contributed by atoms with Gasteiger partial charge in [0.2, 0.25) is 0 Å². The lowest BCUT2D eigenvalue weighted by Crippen LogP contribution is -2.47. The van der Waals surface area contributed by atoms with E-state index in [4.69, 9.17) is 4.99 Å². The molecule has 4 heteroatoms. The van der Waals surface area contributed by atoms with Crippen molar-refractivity contribution in [2.75, 3.05) is 20.1 Å². The van der Waals surface area contributed by atoms with Crippen molar-refractivity contribution in [2.24, 2.45) is 4.99 Å². The van der Waals surface area contributed by atoms with E-state index in [1.165, 1.54) is 36.8 Å². The molecule has 0 aromatic heterocycles. The highest BCUT2D eigenvalue weighted by Gasteiger charge is 2.41. The fraction of sp³-hybridized carbons (Fsp3) is 0.458. The van der Waals surface area contributed by atoms with Crippen LogP contribution < -0.4 is 0 Å². The van der Waals surface area contributed by atoms with Crippen LogP contribution >= 0.6 is 0 Å². The van der Waals surface area contributed by atoms with Crippen molar-refractivity contribution >= 4 is 5.84 Å². The summed E-state index contributed by atoms with van der Waals surface area (Å²) in [6.07, 6.45) is 6.83. The van der Waals surface area contributed by atoms with Gasteiger partial charge in [-0.25, -0.2) is 4.99 Å². The van der Waals surface area contributed by atoms with Crippen LogP contribution in [0.25, 0.3) is 0 Å². The fourth-order valence-corrected chi connectivity index (χ4v) is 4.94. The van der Waals surface area contributed by atoms with Gasteiger partial charge in [-0.2, -0.15) is 0 Å². The van der Waals surface area contributed by atoms with Gasteiger partial charge in [0.05, 0.1) is 5.70 Å². The summed E-state index contributed by atoms with van der Waals surface area (Å²) >= 11 is 0. The molecule has 4 rings (SSSR count). The van der Waals surface area contributed by atoms with E-state index in [2.05, 4.69) is 54.1 Å². The van der Waals surface area contributed by atoms with Crippen LogP contribution in [0.15, 0.2) is 65.3 Å². The van der Waals surface area contributed by atoms with E-state index in [1.807, 2.05) is 7.05 Å². The minimum Gasteiger partial charge on any atom is -0.504 e. The van der Waals surface area contributed by atoms with E-state index >= 15 is 0 Å². The van der Waals surface area contributed by atoms with E-state index in [1.54, 1.807) is 0 Å². The van der Waals surface area contributed by atoms with Gasteiger partial charge < -0.3 is 14.9 Å². The van der Waals surface area contributed by atoms with Gasteiger partial charge in [0.1, 0.15) is 17.2 Å². The number of benzene rings is 1. The molecule has 0 spiro atoms. The zero-order valence-corrected chi connectivity index (χ0v) is 17.2.